The molecule has 2 heterocycles. The van der Waals surface area contributed by atoms with E-state index in [1.807, 2.05) is 32.1 Å². The lowest BCUT2D eigenvalue weighted by Gasteiger charge is -2.35. The Morgan fingerprint density at radius 3 is 2.35 bits per heavy atom. The molecule has 2 N–H and O–H groups in total. The molecule has 0 radical (unpaired) electrons. The van der Waals surface area contributed by atoms with Gasteiger partial charge in [-0.2, -0.15) is 0 Å². The third-order valence-corrected chi connectivity index (χ3v) is 6.40. The summed E-state index contributed by atoms with van der Waals surface area (Å²) in [6.07, 6.45) is 7.38. The molecule has 0 spiro atoms. The van der Waals surface area contributed by atoms with Gasteiger partial charge < -0.3 is 33.9 Å². The van der Waals surface area contributed by atoms with Crippen molar-refractivity contribution in [2.45, 2.75) is 83.3 Å². The van der Waals surface area contributed by atoms with Crippen LogP contribution < -0.4 is 0 Å². The van der Waals surface area contributed by atoms with E-state index >= 15 is 0 Å². The minimum Gasteiger partial charge on any atom is -0.400 e. The van der Waals surface area contributed by atoms with Gasteiger partial charge in [-0.25, -0.2) is 0 Å². The van der Waals surface area contributed by atoms with Crippen LogP contribution in [0.1, 0.15) is 40.5 Å². The summed E-state index contributed by atoms with van der Waals surface area (Å²) in [5, 5.41) is 17.7. The van der Waals surface area contributed by atoms with Crippen LogP contribution in [0.3, 0.4) is 0 Å². The van der Waals surface area contributed by atoms with Crippen molar-refractivity contribution in [3.63, 3.8) is 0 Å². The van der Waals surface area contributed by atoms with Gasteiger partial charge in [0.15, 0.2) is 0 Å². The Balaban J connectivity index is 0.00000233. The first-order valence-electron chi connectivity index (χ1n) is 11.2. The Labute approximate surface area is 188 Å². The monoisotopic (exact) mass is 444 g/mol. The van der Waals surface area contributed by atoms with Crippen LogP contribution >= 0.6 is 0 Å². The van der Waals surface area contributed by atoms with Crippen molar-refractivity contribution in [3.8, 4) is 0 Å². The largest absolute Gasteiger partial charge is 0.400 e. The van der Waals surface area contributed by atoms with Crippen LogP contribution in [0.2, 0.25) is 0 Å². The van der Waals surface area contributed by atoms with E-state index in [0.29, 0.717) is 6.61 Å². The minimum absolute atomic E-state index is 0.00719. The third-order valence-electron chi connectivity index (χ3n) is 6.40. The molecule has 31 heavy (non-hydrogen) atoms. The van der Waals surface area contributed by atoms with Gasteiger partial charge in [0, 0.05) is 46.7 Å². The van der Waals surface area contributed by atoms with Gasteiger partial charge in [-0.15, -0.1) is 0 Å². The molecule has 0 aliphatic carbocycles. The maximum atomic E-state index is 10.7. The van der Waals surface area contributed by atoms with Crippen LogP contribution in [0, 0.1) is 11.8 Å². The highest BCUT2D eigenvalue weighted by Crippen LogP contribution is 2.37. The van der Waals surface area contributed by atoms with E-state index in [0.717, 1.165) is 25.5 Å². The van der Waals surface area contributed by atoms with Gasteiger partial charge in [0.25, 0.3) is 0 Å². The van der Waals surface area contributed by atoms with Crippen molar-refractivity contribution in [2.75, 3.05) is 35.0 Å². The summed E-state index contributed by atoms with van der Waals surface area (Å²) < 4.78 is 28.2. The fourth-order valence-electron chi connectivity index (χ4n) is 4.27. The van der Waals surface area contributed by atoms with Gasteiger partial charge >= 0.3 is 0 Å². The summed E-state index contributed by atoms with van der Waals surface area (Å²) in [6.45, 7) is 8.88. The predicted molar refractivity (Wildman–Crippen MR) is 121 cm³/mol. The number of hydrogen-bond donors (Lipinski definition) is 2. The average molecular weight is 445 g/mol. The molecule has 0 saturated carbocycles. The lowest BCUT2D eigenvalue weighted by molar-refractivity contribution is -0.129. The Morgan fingerprint density at radius 2 is 1.81 bits per heavy atom. The number of allylic oxidation sites excluding steroid dienone is 2. The van der Waals surface area contributed by atoms with Crippen LogP contribution in [-0.2, 0) is 23.7 Å². The minimum atomic E-state index is -0.526. The highest BCUT2D eigenvalue weighted by atomic mass is 16.6. The van der Waals surface area contributed by atoms with Crippen molar-refractivity contribution >= 4 is 0 Å². The number of epoxide rings is 1. The van der Waals surface area contributed by atoms with Crippen LogP contribution in [0.25, 0.3) is 0 Å². The fraction of sp³-hybridized carbons (Fsp3) is 0.833. The molecule has 2 fully saturated rings. The lowest BCUT2D eigenvalue weighted by atomic mass is 9.91. The molecule has 0 bridgehead atoms. The number of aliphatic hydroxyl groups is 2. The second-order valence-corrected chi connectivity index (χ2v) is 8.37. The van der Waals surface area contributed by atoms with Crippen molar-refractivity contribution in [2.24, 2.45) is 11.8 Å². The zero-order chi connectivity index (χ0) is 23.6. The highest BCUT2D eigenvalue weighted by molar-refractivity contribution is 5.18. The summed E-state index contributed by atoms with van der Waals surface area (Å²) in [4.78, 5) is 0. The van der Waals surface area contributed by atoms with Gasteiger partial charge in [0.1, 0.15) is 12.2 Å². The topological polar surface area (TPSA) is 89.9 Å². The Hall–Kier alpha value is -0.800. The Morgan fingerprint density at radius 1 is 1.13 bits per heavy atom. The molecule has 182 valence electrons. The maximum Gasteiger partial charge on any atom is 0.111 e. The highest BCUT2D eigenvalue weighted by Gasteiger charge is 2.50. The average Bonchev–Trinajstić information content (AvgIpc) is 3.60. The summed E-state index contributed by atoms with van der Waals surface area (Å²) >= 11 is 0. The number of hydrogen-bond acceptors (Lipinski definition) is 7. The fourth-order valence-corrected chi connectivity index (χ4v) is 4.27. The van der Waals surface area contributed by atoms with E-state index in [1.54, 1.807) is 21.3 Å². The first kappa shape index (κ1) is 28.2. The lowest BCUT2D eigenvalue weighted by Crippen LogP contribution is -2.43. The predicted octanol–water partition coefficient (Wildman–Crippen LogP) is 2.74. The van der Waals surface area contributed by atoms with E-state index in [9.17, 15) is 5.11 Å². The van der Waals surface area contributed by atoms with Crippen molar-refractivity contribution < 1.29 is 33.9 Å². The SMILES string of the molecule is CCC(OC)C(C)C1OC1C(O)C(C)/C=C/C=C(\C)C1OCC(OC)CC1OC.CO. The molecule has 0 aromatic heterocycles. The molecule has 9 unspecified atom stereocenters. The molecular formula is C24H44O7. The molecule has 9 atom stereocenters. The van der Waals surface area contributed by atoms with Crippen LogP contribution in [0.4, 0.5) is 0 Å². The van der Waals surface area contributed by atoms with Crippen molar-refractivity contribution in [1.29, 1.82) is 0 Å². The van der Waals surface area contributed by atoms with Gasteiger partial charge in [0.2, 0.25) is 0 Å². The van der Waals surface area contributed by atoms with E-state index < -0.39 is 6.10 Å². The van der Waals surface area contributed by atoms with Gasteiger partial charge in [-0.1, -0.05) is 39.0 Å². The molecular weight excluding hydrogens is 400 g/mol. The van der Waals surface area contributed by atoms with E-state index in [2.05, 4.69) is 13.8 Å². The van der Waals surface area contributed by atoms with E-state index in [1.165, 1.54) is 0 Å². The van der Waals surface area contributed by atoms with E-state index in [4.69, 9.17) is 28.8 Å². The van der Waals surface area contributed by atoms with E-state index in [-0.39, 0.29) is 48.5 Å². The summed E-state index contributed by atoms with van der Waals surface area (Å²) in [7, 11) is 6.14. The van der Waals surface area contributed by atoms with Gasteiger partial charge in [-0.05, 0) is 18.9 Å². The van der Waals surface area contributed by atoms with Crippen LogP contribution in [0.5, 0.6) is 0 Å². The van der Waals surface area contributed by atoms with Crippen molar-refractivity contribution in [1.82, 2.24) is 0 Å². The van der Waals surface area contributed by atoms with Crippen LogP contribution in [-0.4, -0.2) is 88.0 Å². The standard InChI is InChI=1S/C23H40O6.CH4O/c1-8-18(26-6)16(4)22-23(29-22)20(24)14(2)10-9-11-15(3)21-19(27-7)12-17(25-5)13-28-21;1-2/h9-11,14,16-24H,8,12-13H2,1-7H3;2H,1H3/b10-9+,15-11+;. The van der Waals surface area contributed by atoms with Crippen LogP contribution in [0.15, 0.2) is 23.8 Å². The quantitative estimate of drug-likeness (QED) is 0.374. The second kappa shape index (κ2) is 14.4. The molecule has 7 heteroatoms. The zero-order valence-electron chi connectivity index (χ0n) is 20.5. The maximum absolute atomic E-state index is 10.7. The summed E-state index contributed by atoms with van der Waals surface area (Å²) in [5.74, 6) is 0.264. The number of ether oxygens (including phenoxy) is 5. The van der Waals surface area contributed by atoms with Gasteiger partial charge in [0.05, 0.1) is 37.1 Å². The molecule has 2 aliphatic rings. The van der Waals surface area contributed by atoms with Crippen molar-refractivity contribution in [3.05, 3.63) is 23.8 Å². The smallest absolute Gasteiger partial charge is 0.111 e. The number of rotatable bonds is 11. The molecule has 0 aromatic carbocycles. The first-order valence-corrected chi connectivity index (χ1v) is 11.2. The molecule has 0 aromatic rings. The zero-order valence-corrected chi connectivity index (χ0v) is 20.5. The number of methoxy groups -OCH3 is 3. The van der Waals surface area contributed by atoms with Gasteiger partial charge in [-0.3, -0.25) is 0 Å². The molecule has 2 aliphatic heterocycles. The molecule has 0 amide bonds. The third kappa shape index (κ3) is 7.93. The Bertz CT molecular complexity index is 546. The Kier molecular flexibility index (Phi) is 13.1. The first-order chi connectivity index (χ1) is 14.9. The second-order valence-electron chi connectivity index (χ2n) is 8.37. The molecule has 2 saturated heterocycles. The normalized spacial score (nSPS) is 32.7. The molecule has 7 nitrogen and oxygen atoms in total. The summed E-state index contributed by atoms with van der Waals surface area (Å²) in [6, 6.07) is 0. The summed E-state index contributed by atoms with van der Waals surface area (Å²) in [5.41, 5.74) is 1.10. The molecule has 2 rings (SSSR count). The number of aliphatic hydroxyl groups excluding tert-OH is 2.